The van der Waals surface area contributed by atoms with Crippen molar-refractivity contribution >= 4 is 52.8 Å². The molecule has 0 spiro atoms. The molecule has 0 aliphatic heterocycles. The number of benzene rings is 1. The van der Waals surface area contributed by atoms with Crippen LogP contribution in [0, 0.1) is 5.92 Å². The molecule has 1 unspecified atom stereocenters. The van der Waals surface area contributed by atoms with Crippen molar-refractivity contribution < 1.29 is 14.3 Å². The normalized spacial score (nSPS) is 12.6. The lowest BCUT2D eigenvalue weighted by molar-refractivity contribution is -0.124. The average molecular weight is 472 g/mol. The van der Waals surface area contributed by atoms with Crippen molar-refractivity contribution in [2.45, 2.75) is 30.3 Å². The van der Waals surface area contributed by atoms with Crippen molar-refractivity contribution in [1.29, 1.82) is 0 Å². The predicted molar refractivity (Wildman–Crippen MR) is 118 cm³/mol. The van der Waals surface area contributed by atoms with E-state index >= 15 is 0 Å². The Labute approximate surface area is 189 Å². The molecule has 160 valence electrons. The number of hydrogen-bond donors (Lipinski definition) is 2. The zero-order valence-electron chi connectivity index (χ0n) is 16.3. The van der Waals surface area contributed by atoms with Gasteiger partial charge in [0.05, 0.1) is 6.21 Å². The van der Waals surface area contributed by atoms with Crippen LogP contribution in [0.2, 0.25) is 0 Å². The number of halogens is 3. The number of hydrazone groups is 1. The van der Waals surface area contributed by atoms with E-state index in [2.05, 4.69) is 20.8 Å². The zero-order valence-corrected chi connectivity index (χ0v) is 18.6. The minimum Gasteiger partial charge on any atom is -0.466 e. The maximum Gasteiger partial charge on any atom is 0.271 e. The first-order valence-corrected chi connectivity index (χ1v) is 10.1. The molecule has 1 aromatic carbocycles. The number of nitrogens with one attached hydrogen (secondary N) is 2. The Morgan fingerprint density at radius 3 is 2.33 bits per heavy atom. The largest absolute Gasteiger partial charge is 0.466 e. The highest BCUT2D eigenvalue weighted by Gasteiger charge is 2.36. The van der Waals surface area contributed by atoms with Crippen LogP contribution in [0.25, 0.3) is 0 Å². The summed E-state index contributed by atoms with van der Waals surface area (Å²) in [5.41, 5.74) is 3.57. The molecule has 1 aromatic heterocycles. The second kappa shape index (κ2) is 11.2. The first-order chi connectivity index (χ1) is 14.1. The standard InChI is InChI=1S/C20H21Cl3N4O3/c1-13(2)11-17(28)26-19(20(21,22)23)30-16-5-3-14(4-6-16)12-25-27-18(29)15-7-9-24-10-8-15/h3-10,12-13,19H,11H2,1-2H3,(H,26,28)(H,27,29). The van der Waals surface area contributed by atoms with Gasteiger partial charge in [0.1, 0.15) is 5.75 Å². The summed E-state index contributed by atoms with van der Waals surface area (Å²) in [5, 5.41) is 6.49. The molecule has 0 aliphatic rings. The second-order valence-corrected chi connectivity index (χ2v) is 9.08. The van der Waals surface area contributed by atoms with Gasteiger partial charge < -0.3 is 10.1 Å². The van der Waals surface area contributed by atoms with E-state index in [1.165, 1.54) is 18.6 Å². The van der Waals surface area contributed by atoms with Crippen molar-refractivity contribution in [1.82, 2.24) is 15.7 Å². The van der Waals surface area contributed by atoms with Gasteiger partial charge in [0.2, 0.25) is 15.9 Å². The first kappa shape index (κ1) is 23.9. The van der Waals surface area contributed by atoms with Crippen LogP contribution in [0.5, 0.6) is 5.75 Å². The number of nitrogens with zero attached hydrogens (tertiary/aromatic N) is 2. The summed E-state index contributed by atoms with van der Waals surface area (Å²) < 4.78 is 3.78. The van der Waals surface area contributed by atoms with Gasteiger partial charge in [0.25, 0.3) is 5.91 Å². The van der Waals surface area contributed by atoms with Gasteiger partial charge in [0.15, 0.2) is 0 Å². The predicted octanol–water partition coefficient (Wildman–Crippen LogP) is 4.08. The van der Waals surface area contributed by atoms with E-state index in [0.29, 0.717) is 16.9 Å². The third-order valence-corrected chi connectivity index (χ3v) is 4.23. The quantitative estimate of drug-likeness (QED) is 0.262. The van der Waals surface area contributed by atoms with E-state index in [9.17, 15) is 9.59 Å². The Kier molecular flexibility index (Phi) is 8.89. The molecule has 7 nitrogen and oxygen atoms in total. The number of carbonyl (C=O) groups is 2. The fraction of sp³-hybridized carbons (Fsp3) is 0.300. The third-order valence-electron chi connectivity index (χ3n) is 3.64. The topological polar surface area (TPSA) is 92.7 Å². The Morgan fingerprint density at radius 1 is 1.13 bits per heavy atom. The van der Waals surface area contributed by atoms with E-state index in [1.54, 1.807) is 36.4 Å². The number of hydrogen-bond acceptors (Lipinski definition) is 5. The number of carbonyl (C=O) groups excluding carboxylic acids is 2. The third kappa shape index (κ3) is 8.18. The van der Waals surface area contributed by atoms with Gasteiger partial charge >= 0.3 is 0 Å². The van der Waals surface area contributed by atoms with Crippen LogP contribution >= 0.6 is 34.8 Å². The van der Waals surface area contributed by atoms with Crippen LogP contribution in [0.1, 0.15) is 36.2 Å². The van der Waals surface area contributed by atoms with Crippen molar-refractivity contribution in [3.05, 3.63) is 59.9 Å². The Balaban J connectivity index is 1.96. The fourth-order valence-corrected chi connectivity index (χ4v) is 2.55. The molecule has 2 rings (SSSR count). The summed E-state index contributed by atoms with van der Waals surface area (Å²) in [4.78, 5) is 27.8. The van der Waals surface area contributed by atoms with Gasteiger partial charge in [-0.2, -0.15) is 5.10 Å². The molecular weight excluding hydrogens is 451 g/mol. The maximum atomic E-state index is 12.0. The summed E-state index contributed by atoms with van der Waals surface area (Å²) in [7, 11) is 0. The van der Waals surface area contributed by atoms with Crippen LogP contribution < -0.4 is 15.5 Å². The fourth-order valence-electron chi connectivity index (χ4n) is 2.26. The van der Waals surface area contributed by atoms with Gasteiger partial charge in [-0.25, -0.2) is 5.43 Å². The molecule has 0 saturated heterocycles. The molecule has 0 fully saturated rings. The van der Waals surface area contributed by atoms with Crippen LogP contribution in [0.3, 0.4) is 0 Å². The zero-order chi connectivity index (χ0) is 22.1. The van der Waals surface area contributed by atoms with Crippen molar-refractivity contribution in [3.63, 3.8) is 0 Å². The lowest BCUT2D eigenvalue weighted by Gasteiger charge is -2.26. The van der Waals surface area contributed by atoms with Gasteiger partial charge in [-0.3, -0.25) is 14.6 Å². The van der Waals surface area contributed by atoms with Crippen molar-refractivity contribution in [2.75, 3.05) is 0 Å². The number of ether oxygens (including phenoxy) is 1. The number of rotatable bonds is 8. The monoisotopic (exact) mass is 470 g/mol. The molecule has 0 saturated carbocycles. The van der Waals surface area contributed by atoms with Crippen molar-refractivity contribution in [2.24, 2.45) is 11.0 Å². The lowest BCUT2D eigenvalue weighted by atomic mass is 10.1. The molecular formula is C20H21Cl3N4O3. The molecule has 0 bridgehead atoms. The SMILES string of the molecule is CC(C)CC(=O)NC(Oc1ccc(C=NNC(=O)c2ccncc2)cc1)C(Cl)(Cl)Cl. The van der Waals surface area contributed by atoms with E-state index in [4.69, 9.17) is 39.5 Å². The molecule has 10 heteroatoms. The number of alkyl halides is 3. The summed E-state index contributed by atoms with van der Waals surface area (Å²) in [6, 6.07) is 9.82. The molecule has 30 heavy (non-hydrogen) atoms. The van der Waals surface area contributed by atoms with E-state index in [-0.39, 0.29) is 24.2 Å². The molecule has 1 heterocycles. The van der Waals surface area contributed by atoms with Gasteiger partial charge in [-0.05, 0) is 47.9 Å². The Morgan fingerprint density at radius 2 is 1.77 bits per heavy atom. The van der Waals surface area contributed by atoms with E-state index < -0.39 is 10.0 Å². The van der Waals surface area contributed by atoms with Crippen LogP contribution in [0.15, 0.2) is 53.9 Å². The maximum absolute atomic E-state index is 12.0. The van der Waals surface area contributed by atoms with Gasteiger partial charge in [-0.15, -0.1) is 0 Å². The highest BCUT2D eigenvalue weighted by atomic mass is 35.6. The second-order valence-electron chi connectivity index (χ2n) is 6.71. The molecule has 2 N–H and O–H groups in total. The smallest absolute Gasteiger partial charge is 0.271 e. The first-order valence-electron chi connectivity index (χ1n) is 9.01. The summed E-state index contributed by atoms with van der Waals surface area (Å²) in [6.07, 6.45) is 3.63. The van der Waals surface area contributed by atoms with Crippen LogP contribution in [0.4, 0.5) is 0 Å². The molecule has 2 aromatic rings. The van der Waals surface area contributed by atoms with E-state index in [0.717, 1.165) is 0 Å². The Hall–Kier alpha value is -2.35. The summed E-state index contributed by atoms with van der Waals surface area (Å²) >= 11 is 17.8. The molecule has 1 atom stereocenters. The number of aromatic nitrogens is 1. The van der Waals surface area contributed by atoms with Gasteiger partial charge in [0, 0.05) is 24.4 Å². The lowest BCUT2D eigenvalue weighted by Crippen LogP contribution is -2.48. The minimum absolute atomic E-state index is 0.152. The summed E-state index contributed by atoms with van der Waals surface area (Å²) in [5.74, 6) is -0.0981. The van der Waals surface area contributed by atoms with E-state index in [1.807, 2.05) is 13.8 Å². The average Bonchev–Trinajstić information content (AvgIpc) is 2.68. The summed E-state index contributed by atoms with van der Waals surface area (Å²) in [6.45, 7) is 3.81. The van der Waals surface area contributed by atoms with Crippen LogP contribution in [-0.4, -0.2) is 33.0 Å². The molecule has 0 aliphatic carbocycles. The minimum atomic E-state index is -1.86. The highest BCUT2D eigenvalue weighted by Crippen LogP contribution is 2.32. The highest BCUT2D eigenvalue weighted by molar-refractivity contribution is 6.68. The molecule has 0 radical (unpaired) electrons. The number of amides is 2. The van der Waals surface area contributed by atoms with Crippen LogP contribution in [-0.2, 0) is 4.79 Å². The van der Waals surface area contributed by atoms with Crippen molar-refractivity contribution in [3.8, 4) is 5.75 Å². The molecule has 2 amide bonds. The van der Waals surface area contributed by atoms with Gasteiger partial charge in [-0.1, -0.05) is 48.7 Å². The Bertz CT molecular complexity index is 869. The number of pyridine rings is 1.